The molecule has 1 aliphatic carbocycles. The highest BCUT2D eigenvalue weighted by Gasteiger charge is 2.29. The van der Waals surface area contributed by atoms with Gasteiger partial charge in [0.1, 0.15) is 5.54 Å². The van der Waals surface area contributed by atoms with Gasteiger partial charge in [0.2, 0.25) is 5.91 Å². The van der Waals surface area contributed by atoms with Crippen molar-refractivity contribution in [2.75, 3.05) is 0 Å². The van der Waals surface area contributed by atoms with Crippen molar-refractivity contribution in [1.82, 2.24) is 0 Å². The third-order valence-electron chi connectivity index (χ3n) is 3.91. The summed E-state index contributed by atoms with van der Waals surface area (Å²) in [7, 11) is 0. The van der Waals surface area contributed by atoms with Gasteiger partial charge in [-0.05, 0) is 41.2 Å². The summed E-state index contributed by atoms with van der Waals surface area (Å²) >= 11 is 0. The van der Waals surface area contributed by atoms with Crippen LogP contribution in [0.1, 0.15) is 23.6 Å². The largest absolute Gasteiger partial charge is 0.368 e. The number of carbonyl (C=O) groups is 1. The Morgan fingerprint density at radius 2 is 1.79 bits per heavy atom. The van der Waals surface area contributed by atoms with Crippen LogP contribution in [0.2, 0.25) is 0 Å². The van der Waals surface area contributed by atoms with E-state index in [9.17, 15) is 4.79 Å². The van der Waals surface area contributed by atoms with Crippen LogP contribution < -0.4 is 11.5 Å². The molecule has 0 radical (unpaired) electrons. The molecule has 0 aromatic heterocycles. The van der Waals surface area contributed by atoms with Gasteiger partial charge in [-0.15, -0.1) is 0 Å². The highest BCUT2D eigenvalue weighted by atomic mass is 16.1. The molecule has 0 spiro atoms. The smallest absolute Gasteiger partial charge is 0.241 e. The first kappa shape index (κ1) is 11.9. The molecular formula is C16H16N2O. The van der Waals surface area contributed by atoms with Crippen molar-refractivity contribution in [2.24, 2.45) is 11.5 Å². The second-order valence-electron chi connectivity index (χ2n) is 5.27. The lowest BCUT2D eigenvalue weighted by Crippen LogP contribution is -2.46. The lowest BCUT2D eigenvalue weighted by molar-refractivity contribution is -0.122. The molecule has 19 heavy (non-hydrogen) atoms. The Morgan fingerprint density at radius 3 is 2.53 bits per heavy atom. The van der Waals surface area contributed by atoms with Gasteiger partial charge in [0, 0.05) is 0 Å². The fourth-order valence-corrected chi connectivity index (χ4v) is 2.61. The topological polar surface area (TPSA) is 69.1 Å². The Kier molecular flexibility index (Phi) is 2.47. The molecule has 0 saturated heterocycles. The molecule has 0 heterocycles. The van der Waals surface area contributed by atoms with Crippen LogP contribution in [0.4, 0.5) is 0 Å². The van der Waals surface area contributed by atoms with E-state index in [0.29, 0.717) is 0 Å². The summed E-state index contributed by atoms with van der Waals surface area (Å²) < 4.78 is 0. The van der Waals surface area contributed by atoms with Gasteiger partial charge in [0.15, 0.2) is 0 Å². The van der Waals surface area contributed by atoms with E-state index < -0.39 is 11.4 Å². The first-order chi connectivity index (χ1) is 9.00. The van der Waals surface area contributed by atoms with Crippen LogP contribution in [0, 0.1) is 0 Å². The Bertz CT molecular complexity index is 674. The number of hydrogen-bond acceptors (Lipinski definition) is 2. The van der Waals surface area contributed by atoms with Crippen molar-refractivity contribution in [1.29, 1.82) is 0 Å². The molecule has 1 unspecified atom stereocenters. The van der Waals surface area contributed by atoms with Crippen LogP contribution in [-0.4, -0.2) is 5.91 Å². The monoisotopic (exact) mass is 252 g/mol. The van der Waals surface area contributed by atoms with Crippen molar-refractivity contribution in [3.8, 4) is 11.1 Å². The fourth-order valence-electron chi connectivity index (χ4n) is 2.61. The molecule has 0 bridgehead atoms. The van der Waals surface area contributed by atoms with Crippen LogP contribution in [0.25, 0.3) is 11.1 Å². The van der Waals surface area contributed by atoms with E-state index in [1.54, 1.807) is 6.92 Å². The van der Waals surface area contributed by atoms with Gasteiger partial charge in [-0.2, -0.15) is 0 Å². The third kappa shape index (κ3) is 1.74. The fraction of sp³-hybridized carbons (Fsp3) is 0.188. The predicted molar refractivity (Wildman–Crippen MR) is 75.4 cm³/mol. The summed E-state index contributed by atoms with van der Waals surface area (Å²) in [5.74, 6) is -0.511. The molecule has 3 rings (SSSR count). The van der Waals surface area contributed by atoms with Crippen molar-refractivity contribution in [3.63, 3.8) is 0 Å². The van der Waals surface area contributed by atoms with Gasteiger partial charge < -0.3 is 11.5 Å². The number of hydrogen-bond donors (Lipinski definition) is 2. The summed E-state index contributed by atoms with van der Waals surface area (Å²) in [6.45, 7) is 1.65. The Balaban J connectivity index is 2.10. The normalized spacial score (nSPS) is 15.5. The molecule has 0 saturated carbocycles. The summed E-state index contributed by atoms with van der Waals surface area (Å²) in [5, 5.41) is 0. The summed E-state index contributed by atoms with van der Waals surface area (Å²) in [5.41, 5.74) is 16.0. The lowest BCUT2D eigenvalue weighted by atomic mass is 9.90. The van der Waals surface area contributed by atoms with E-state index in [1.807, 2.05) is 30.3 Å². The lowest BCUT2D eigenvalue weighted by Gasteiger charge is -2.21. The Hall–Kier alpha value is -2.13. The quantitative estimate of drug-likeness (QED) is 0.731. The van der Waals surface area contributed by atoms with Crippen LogP contribution in [0.5, 0.6) is 0 Å². The minimum absolute atomic E-state index is 0.511. The molecule has 0 aliphatic heterocycles. The number of amides is 1. The molecule has 3 nitrogen and oxygen atoms in total. The van der Waals surface area contributed by atoms with Crippen LogP contribution in [0.15, 0.2) is 42.5 Å². The van der Waals surface area contributed by atoms with Gasteiger partial charge >= 0.3 is 0 Å². The number of nitrogens with two attached hydrogens (primary N) is 2. The van der Waals surface area contributed by atoms with Crippen molar-refractivity contribution in [2.45, 2.75) is 18.9 Å². The van der Waals surface area contributed by atoms with Gasteiger partial charge in [-0.3, -0.25) is 4.79 Å². The van der Waals surface area contributed by atoms with E-state index in [1.165, 1.54) is 22.3 Å². The van der Waals surface area contributed by atoms with Crippen molar-refractivity contribution < 1.29 is 4.79 Å². The highest BCUT2D eigenvalue weighted by molar-refractivity contribution is 5.86. The Labute approximate surface area is 112 Å². The van der Waals surface area contributed by atoms with Crippen molar-refractivity contribution in [3.05, 3.63) is 59.2 Å². The molecular weight excluding hydrogens is 236 g/mol. The van der Waals surface area contributed by atoms with Gasteiger partial charge in [-0.25, -0.2) is 0 Å². The number of carbonyl (C=O) groups excluding carboxylic acids is 1. The summed E-state index contributed by atoms with van der Waals surface area (Å²) in [4.78, 5) is 11.4. The zero-order valence-corrected chi connectivity index (χ0v) is 10.8. The van der Waals surface area contributed by atoms with Crippen LogP contribution in [0.3, 0.4) is 0 Å². The number of primary amides is 1. The number of fused-ring (bicyclic) bond motifs is 3. The average Bonchev–Trinajstić information content (AvgIpc) is 2.75. The standard InChI is InChI=1S/C16H16N2O/c1-16(18,15(17)19)12-6-7-14-11(9-12)8-10-4-2-3-5-13(10)14/h2-7,9H,8,18H2,1H3,(H2,17,19). The van der Waals surface area contributed by atoms with Crippen molar-refractivity contribution >= 4 is 5.91 Å². The summed E-state index contributed by atoms with van der Waals surface area (Å²) in [6, 6.07) is 14.3. The van der Waals surface area contributed by atoms with E-state index >= 15 is 0 Å². The SMILES string of the molecule is CC(N)(C(N)=O)c1ccc2c(c1)Cc1ccccc1-2. The van der Waals surface area contributed by atoms with Gasteiger partial charge in [-0.1, -0.05) is 42.5 Å². The maximum Gasteiger partial charge on any atom is 0.241 e. The molecule has 1 aliphatic rings. The minimum atomic E-state index is -1.12. The summed E-state index contributed by atoms with van der Waals surface area (Å²) in [6.07, 6.45) is 0.883. The second kappa shape index (κ2) is 3.93. The van der Waals surface area contributed by atoms with Gasteiger partial charge in [0.25, 0.3) is 0 Å². The first-order valence-electron chi connectivity index (χ1n) is 6.30. The van der Waals surface area contributed by atoms with Crippen LogP contribution >= 0.6 is 0 Å². The van der Waals surface area contributed by atoms with E-state index in [2.05, 4.69) is 12.1 Å². The predicted octanol–water partition coefficient (Wildman–Crippen LogP) is 1.92. The number of benzene rings is 2. The zero-order chi connectivity index (χ0) is 13.6. The second-order valence-corrected chi connectivity index (χ2v) is 5.27. The minimum Gasteiger partial charge on any atom is -0.368 e. The molecule has 3 heteroatoms. The Morgan fingerprint density at radius 1 is 1.11 bits per heavy atom. The van der Waals surface area contributed by atoms with E-state index in [0.717, 1.165) is 12.0 Å². The molecule has 1 atom stereocenters. The third-order valence-corrected chi connectivity index (χ3v) is 3.91. The first-order valence-corrected chi connectivity index (χ1v) is 6.30. The van der Waals surface area contributed by atoms with Crippen LogP contribution in [-0.2, 0) is 16.8 Å². The molecule has 0 fully saturated rings. The maximum atomic E-state index is 11.4. The zero-order valence-electron chi connectivity index (χ0n) is 10.8. The molecule has 2 aromatic rings. The molecule has 4 N–H and O–H groups in total. The number of rotatable bonds is 2. The molecule has 2 aromatic carbocycles. The van der Waals surface area contributed by atoms with E-state index in [4.69, 9.17) is 11.5 Å². The van der Waals surface area contributed by atoms with Gasteiger partial charge in [0.05, 0.1) is 0 Å². The average molecular weight is 252 g/mol. The highest BCUT2D eigenvalue weighted by Crippen LogP contribution is 2.37. The maximum absolute atomic E-state index is 11.4. The van der Waals surface area contributed by atoms with E-state index in [-0.39, 0.29) is 0 Å². The molecule has 1 amide bonds. The molecule has 96 valence electrons.